The Balaban J connectivity index is 0.000000321. The molecule has 0 aliphatic heterocycles. The molecule has 4 nitrogen and oxygen atoms in total. The van der Waals surface area contributed by atoms with Crippen molar-refractivity contribution in [2.24, 2.45) is 0 Å². The van der Waals surface area contributed by atoms with Crippen LogP contribution in [0.1, 0.15) is 25.0 Å². The maximum absolute atomic E-state index is 8.35. The second kappa shape index (κ2) is 7.11. The van der Waals surface area contributed by atoms with Crippen molar-refractivity contribution in [3.63, 3.8) is 0 Å². The molecule has 106 valence electrons. The summed E-state index contributed by atoms with van der Waals surface area (Å²) in [4.78, 5) is 16.7. The summed E-state index contributed by atoms with van der Waals surface area (Å²) in [6.07, 6.45) is 6.04. The number of hydrogen-bond donors (Lipinski definition) is 2. The van der Waals surface area contributed by atoms with E-state index in [2.05, 4.69) is 62.4 Å². The maximum Gasteiger partial charge on any atom is 0.231 e. The highest BCUT2D eigenvalue weighted by molar-refractivity contribution is 5.96. The fourth-order valence-electron chi connectivity index (χ4n) is 2.43. The van der Waals surface area contributed by atoms with Gasteiger partial charge in [-0.2, -0.15) is 0 Å². The van der Waals surface area contributed by atoms with E-state index in [-0.39, 0.29) is 5.41 Å². The van der Waals surface area contributed by atoms with Crippen LogP contribution in [0.25, 0.3) is 16.8 Å². The summed E-state index contributed by atoms with van der Waals surface area (Å²) < 4.78 is 0. The molecule has 1 aliphatic rings. The monoisotopic (exact) mass is 280 g/mol. The molecule has 2 aromatic carbocycles. The molecule has 4 heteroatoms. The number of carbonyl (C=O) groups excluding carboxylic acids is 2. The summed E-state index contributed by atoms with van der Waals surface area (Å²) in [6, 6.07) is 13.1. The van der Waals surface area contributed by atoms with Crippen LogP contribution in [0.15, 0.2) is 42.5 Å². The molecule has 2 aromatic rings. The van der Waals surface area contributed by atoms with Gasteiger partial charge in [-0.25, -0.2) is 20.4 Å². The molecule has 0 bridgehead atoms. The van der Waals surface area contributed by atoms with E-state index in [9.17, 15) is 0 Å². The fourth-order valence-corrected chi connectivity index (χ4v) is 2.43. The van der Waals surface area contributed by atoms with E-state index < -0.39 is 0 Å². The molecule has 1 aliphatic carbocycles. The van der Waals surface area contributed by atoms with Gasteiger partial charge in [-0.05, 0) is 21.9 Å². The van der Waals surface area contributed by atoms with Crippen LogP contribution in [-0.2, 0) is 15.0 Å². The van der Waals surface area contributed by atoms with Crippen LogP contribution in [0.5, 0.6) is 0 Å². The SMILES string of the molecule is CC1(C)C=Cc2cccc3cccc1c23.N=C=O.N=C=O. The molecule has 3 rings (SSSR count). The Morgan fingerprint density at radius 3 is 2.05 bits per heavy atom. The van der Waals surface area contributed by atoms with E-state index >= 15 is 0 Å². The lowest BCUT2D eigenvalue weighted by Gasteiger charge is -2.27. The van der Waals surface area contributed by atoms with Gasteiger partial charge in [0.05, 0.1) is 0 Å². The second-order valence-electron chi connectivity index (χ2n) is 5.01. The van der Waals surface area contributed by atoms with E-state index in [1.807, 2.05) is 0 Å². The van der Waals surface area contributed by atoms with E-state index in [0.717, 1.165) is 12.2 Å². The van der Waals surface area contributed by atoms with Crippen molar-refractivity contribution in [1.82, 2.24) is 0 Å². The molecule has 0 saturated heterocycles. The smallest absolute Gasteiger partial charge is 0.222 e. The molecule has 0 saturated carbocycles. The molecular formula is C17H16N2O2. The van der Waals surface area contributed by atoms with Gasteiger partial charge in [0.2, 0.25) is 12.2 Å². The summed E-state index contributed by atoms with van der Waals surface area (Å²) in [5.41, 5.74) is 2.95. The molecule has 0 aromatic heterocycles. The van der Waals surface area contributed by atoms with Crippen LogP contribution < -0.4 is 0 Å². The van der Waals surface area contributed by atoms with Gasteiger partial charge >= 0.3 is 0 Å². The Bertz CT molecular complexity index is 716. The summed E-state index contributed by atoms with van der Waals surface area (Å²) >= 11 is 0. The third-order valence-corrected chi connectivity index (χ3v) is 3.31. The first-order valence-electron chi connectivity index (χ1n) is 6.31. The van der Waals surface area contributed by atoms with Crippen LogP contribution in [0.2, 0.25) is 0 Å². The third kappa shape index (κ3) is 3.61. The first-order chi connectivity index (χ1) is 10.0. The van der Waals surface area contributed by atoms with Crippen molar-refractivity contribution in [2.45, 2.75) is 19.3 Å². The van der Waals surface area contributed by atoms with Crippen molar-refractivity contribution >= 4 is 29.0 Å². The lowest BCUT2D eigenvalue weighted by Crippen LogP contribution is -2.16. The predicted molar refractivity (Wildman–Crippen MR) is 82.8 cm³/mol. The summed E-state index contributed by atoms with van der Waals surface area (Å²) in [5.74, 6) is 0. The minimum absolute atomic E-state index is 0.161. The molecule has 0 fully saturated rings. The standard InChI is InChI=1S/C15H14.2CHNO/c1-15(2)10-9-12-6-3-5-11-7-4-8-13(15)14(11)12;2*2-1-3/h3-10H,1-2H3;2*2H. The van der Waals surface area contributed by atoms with Crippen molar-refractivity contribution < 1.29 is 9.59 Å². The molecule has 0 radical (unpaired) electrons. The van der Waals surface area contributed by atoms with Gasteiger partial charge in [0.1, 0.15) is 0 Å². The lowest BCUT2D eigenvalue weighted by molar-refractivity contribution is 0.562. The number of isocyanates is 2. The van der Waals surface area contributed by atoms with Gasteiger partial charge in [0.15, 0.2) is 0 Å². The lowest BCUT2D eigenvalue weighted by atomic mass is 9.77. The predicted octanol–water partition coefficient (Wildman–Crippen LogP) is 3.95. The molecule has 0 spiro atoms. The highest BCUT2D eigenvalue weighted by Crippen LogP contribution is 2.37. The minimum atomic E-state index is 0.161. The Morgan fingerprint density at radius 2 is 1.48 bits per heavy atom. The van der Waals surface area contributed by atoms with E-state index in [1.54, 1.807) is 0 Å². The van der Waals surface area contributed by atoms with Crippen LogP contribution in [0.3, 0.4) is 0 Å². The average molecular weight is 280 g/mol. The molecule has 0 amide bonds. The first-order valence-corrected chi connectivity index (χ1v) is 6.31. The highest BCUT2D eigenvalue weighted by atomic mass is 16.1. The molecular weight excluding hydrogens is 264 g/mol. The van der Waals surface area contributed by atoms with Crippen LogP contribution in [-0.4, -0.2) is 12.2 Å². The van der Waals surface area contributed by atoms with Gasteiger partial charge in [-0.15, -0.1) is 0 Å². The van der Waals surface area contributed by atoms with Crippen molar-refractivity contribution in [1.29, 1.82) is 10.8 Å². The zero-order chi connectivity index (χ0) is 15.9. The molecule has 21 heavy (non-hydrogen) atoms. The van der Waals surface area contributed by atoms with Gasteiger partial charge < -0.3 is 0 Å². The van der Waals surface area contributed by atoms with Crippen molar-refractivity contribution in [3.05, 3.63) is 53.6 Å². The summed E-state index contributed by atoms with van der Waals surface area (Å²) in [7, 11) is 0. The normalized spacial score (nSPS) is 12.9. The van der Waals surface area contributed by atoms with E-state index in [0.29, 0.717) is 0 Å². The zero-order valence-electron chi connectivity index (χ0n) is 11.9. The van der Waals surface area contributed by atoms with Crippen LogP contribution >= 0.6 is 0 Å². The van der Waals surface area contributed by atoms with Crippen molar-refractivity contribution in [2.75, 3.05) is 0 Å². The topological polar surface area (TPSA) is 81.8 Å². The Labute approximate surface area is 123 Å². The number of benzene rings is 2. The largest absolute Gasteiger partial charge is 0.231 e. The number of rotatable bonds is 0. The molecule has 0 heterocycles. The number of hydrogen-bond acceptors (Lipinski definition) is 4. The molecule has 0 atom stereocenters. The Hall–Kier alpha value is -2.80. The highest BCUT2D eigenvalue weighted by Gasteiger charge is 2.23. The third-order valence-electron chi connectivity index (χ3n) is 3.31. The Kier molecular flexibility index (Phi) is 5.50. The van der Waals surface area contributed by atoms with Gasteiger partial charge in [-0.1, -0.05) is 62.4 Å². The minimum Gasteiger partial charge on any atom is -0.222 e. The molecule has 2 N–H and O–H groups in total. The van der Waals surface area contributed by atoms with E-state index in [1.165, 1.54) is 21.9 Å². The van der Waals surface area contributed by atoms with Crippen LogP contribution in [0.4, 0.5) is 0 Å². The van der Waals surface area contributed by atoms with Gasteiger partial charge in [0, 0.05) is 5.41 Å². The van der Waals surface area contributed by atoms with Gasteiger partial charge in [-0.3, -0.25) is 0 Å². The Morgan fingerprint density at radius 1 is 0.952 bits per heavy atom. The first kappa shape index (κ1) is 16.3. The maximum atomic E-state index is 8.35. The summed E-state index contributed by atoms with van der Waals surface area (Å²) in [5, 5.41) is 13.6. The fraction of sp³-hybridized carbons (Fsp3) is 0.176. The zero-order valence-corrected chi connectivity index (χ0v) is 11.9. The van der Waals surface area contributed by atoms with Gasteiger partial charge in [0.25, 0.3) is 0 Å². The van der Waals surface area contributed by atoms with Crippen LogP contribution in [0, 0.1) is 10.8 Å². The number of nitrogens with one attached hydrogen (secondary N) is 2. The van der Waals surface area contributed by atoms with E-state index in [4.69, 9.17) is 20.4 Å². The molecule has 0 unspecified atom stereocenters. The average Bonchev–Trinajstić information content (AvgIpc) is 2.45. The van der Waals surface area contributed by atoms with Crippen molar-refractivity contribution in [3.8, 4) is 0 Å². The number of allylic oxidation sites excluding steroid dienone is 1. The quantitative estimate of drug-likeness (QED) is 0.566. The second-order valence-corrected chi connectivity index (χ2v) is 5.01. The summed E-state index contributed by atoms with van der Waals surface area (Å²) in [6.45, 7) is 4.54.